The number of methoxy groups -OCH3 is 1. The van der Waals surface area contributed by atoms with Crippen LogP contribution in [0.15, 0.2) is 71.6 Å². The van der Waals surface area contributed by atoms with E-state index in [2.05, 4.69) is 4.90 Å². The molecule has 9 heteroatoms. The summed E-state index contributed by atoms with van der Waals surface area (Å²) in [5, 5.41) is 0. The van der Waals surface area contributed by atoms with Crippen molar-refractivity contribution < 1.29 is 28.0 Å². The number of rotatable bonds is 8. The lowest BCUT2D eigenvalue weighted by Crippen LogP contribution is -2.50. The van der Waals surface area contributed by atoms with E-state index in [9.17, 15) is 9.00 Å². The Bertz CT molecular complexity index is 1470. The van der Waals surface area contributed by atoms with Crippen LogP contribution < -0.4 is 14.2 Å². The van der Waals surface area contributed by atoms with Crippen molar-refractivity contribution >= 4 is 27.6 Å². The molecule has 0 aliphatic carbocycles. The van der Waals surface area contributed by atoms with Crippen LogP contribution in [0.1, 0.15) is 37.5 Å². The van der Waals surface area contributed by atoms with Crippen LogP contribution >= 0.6 is 0 Å². The minimum absolute atomic E-state index is 0.255. The zero-order valence-corrected chi connectivity index (χ0v) is 25.7. The molecule has 3 aromatic carbocycles. The second-order valence-corrected chi connectivity index (χ2v) is 12.8. The Morgan fingerprint density at radius 3 is 2.17 bits per heavy atom. The predicted octanol–water partition coefficient (Wildman–Crippen LogP) is 5.96. The lowest BCUT2D eigenvalue weighted by molar-refractivity contribution is 0.0137. The monoisotopic (exact) mass is 590 g/mol. The molecule has 1 saturated heterocycles. The highest BCUT2D eigenvalue weighted by atomic mass is 32.2. The third-order valence-electron chi connectivity index (χ3n) is 7.08. The highest BCUT2D eigenvalue weighted by Gasteiger charge is 2.32. The molecule has 222 valence electrons. The molecule has 1 amide bonds. The highest BCUT2D eigenvalue weighted by Crippen LogP contribution is 2.44. The maximum absolute atomic E-state index is 13.6. The lowest BCUT2D eigenvalue weighted by Gasteiger charge is -2.35. The number of piperazine rings is 1. The van der Waals surface area contributed by atoms with Crippen LogP contribution in [0.5, 0.6) is 17.2 Å². The van der Waals surface area contributed by atoms with Gasteiger partial charge in [-0.25, -0.2) is 9.00 Å². The number of carbonyl (C=O) groups excluding carboxylic acids is 1. The van der Waals surface area contributed by atoms with Crippen molar-refractivity contribution in [1.29, 1.82) is 0 Å². The maximum Gasteiger partial charge on any atom is 0.410 e. The van der Waals surface area contributed by atoms with Gasteiger partial charge >= 0.3 is 6.09 Å². The van der Waals surface area contributed by atoms with Gasteiger partial charge in [0.25, 0.3) is 0 Å². The standard InChI is InChI=1S/C33H38N2O6S/c1-23-6-8-24(9-7-23)31-30(28-15-14-27(38-5)22-29(28)42(31)37)40-26-12-10-25(11-13-26)39-21-20-34-16-18-35(19-17-34)32(36)41-33(2,3)4/h6-15,22H,16-21H2,1-5H3. The number of hydrogen-bond acceptors (Lipinski definition) is 7. The first-order chi connectivity index (χ1) is 20.1. The quantitative estimate of drug-likeness (QED) is 0.320. The normalized spacial score (nSPS) is 17.2. The molecule has 0 N–H and O–H groups in total. The molecular formula is C33H38N2O6S. The fourth-order valence-corrected chi connectivity index (χ4v) is 6.30. The number of hydrogen-bond donors (Lipinski definition) is 0. The summed E-state index contributed by atoms with van der Waals surface area (Å²) in [6.45, 7) is 11.8. The van der Waals surface area contributed by atoms with Crippen molar-refractivity contribution in [2.24, 2.45) is 0 Å². The number of benzene rings is 3. The third kappa shape index (κ3) is 6.97. The van der Waals surface area contributed by atoms with Gasteiger partial charge in [0, 0.05) is 38.3 Å². The molecule has 0 radical (unpaired) electrons. The Hall–Kier alpha value is -3.82. The Morgan fingerprint density at radius 1 is 0.881 bits per heavy atom. The fourth-order valence-electron chi connectivity index (χ4n) is 4.83. The van der Waals surface area contributed by atoms with E-state index in [4.69, 9.17) is 18.9 Å². The number of carbonyl (C=O) groups is 1. The van der Waals surface area contributed by atoms with E-state index in [0.29, 0.717) is 46.8 Å². The van der Waals surface area contributed by atoms with Crippen LogP contribution in [0, 0.1) is 6.92 Å². The Balaban J connectivity index is 1.20. The van der Waals surface area contributed by atoms with Gasteiger partial charge < -0.3 is 23.8 Å². The molecule has 42 heavy (non-hydrogen) atoms. The molecule has 5 rings (SSSR count). The number of nitrogens with zero attached hydrogens (tertiary/aromatic N) is 2. The molecule has 2 aliphatic rings. The summed E-state index contributed by atoms with van der Waals surface area (Å²) in [4.78, 5) is 17.6. The summed E-state index contributed by atoms with van der Waals surface area (Å²) in [6, 6.07) is 21.0. The van der Waals surface area contributed by atoms with Crippen LogP contribution in [-0.2, 0) is 15.5 Å². The molecule has 8 nitrogen and oxygen atoms in total. The van der Waals surface area contributed by atoms with Gasteiger partial charge in [-0.15, -0.1) is 0 Å². The minimum Gasteiger partial charge on any atom is -0.497 e. The molecule has 0 saturated carbocycles. The average molecular weight is 591 g/mol. The molecule has 0 spiro atoms. The van der Waals surface area contributed by atoms with Crippen LogP contribution in [-0.4, -0.2) is 72.1 Å². The van der Waals surface area contributed by atoms with Crippen LogP contribution in [0.4, 0.5) is 4.79 Å². The maximum atomic E-state index is 13.6. The summed E-state index contributed by atoms with van der Waals surface area (Å²) < 4.78 is 36.9. The van der Waals surface area contributed by atoms with E-state index < -0.39 is 16.4 Å². The summed E-state index contributed by atoms with van der Waals surface area (Å²) >= 11 is 0. The van der Waals surface area contributed by atoms with Gasteiger partial charge in [0.05, 0.1) is 27.7 Å². The molecule has 2 aliphatic heterocycles. The number of aryl methyl sites for hydroxylation is 1. The largest absolute Gasteiger partial charge is 0.497 e. The Kier molecular flexibility index (Phi) is 8.89. The van der Waals surface area contributed by atoms with E-state index in [-0.39, 0.29) is 6.09 Å². The van der Waals surface area contributed by atoms with E-state index in [1.54, 1.807) is 12.0 Å². The molecule has 1 unspecified atom stereocenters. The number of fused-ring (bicyclic) bond motifs is 1. The fraction of sp³-hybridized carbons (Fsp3) is 0.364. The van der Waals surface area contributed by atoms with Gasteiger partial charge in [-0.3, -0.25) is 4.90 Å². The minimum atomic E-state index is -1.41. The Labute approximate surface area is 250 Å². The smallest absolute Gasteiger partial charge is 0.410 e. The van der Waals surface area contributed by atoms with Crippen LogP contribution in [0.2, 0.25) is 0 Å². The van der Waals surface area contributed by atoms with Crippen molar-refractivity contribution in [1.82, 2.24) is 9.80 Å². The van der Waals surface area contributed by atoms with Gasteiger partial charge in [-0.05, 0) is 75.7 Å². The second-order valence-electron chi connectivity index (χ2n) is 11.4. The van der Waals surface area contributed by atoms with Crippen molar-refractivity contribution in [2.75, 3.05) is 46.4 Å². The first-order valence-corrected chi connectivity index (χ1v) is 15.3. The SMILES string of the molecule is COc1ccc2c(c1)S(=O)C(c1ccc(C)cc1)=C2Oc1ccc(OCCN2CCN(C(=O)OC(C)(C)C)CC2)cc1. The first-order valence-electron chi connectivity index (χ1n) is 14.1. The summed E-state index contributed by atoms with van der Waals surface area (Å²) in [5.74, 6) is 2.59. The summed E-state index contributed by atoms with van der Waals surface area (Å²) in [7, 11) is 0.186. The molecule has 1 atom stereocenters. The molecule has 2 heterocycles. The van der Waals surface area contributed by atoms with Gasteiger partial charge in [0.1, 0.15) is 29.5 Å². The molecule has 0 aromatic heterocycles. The van der Waals surface area contributed by atoms with E-state index in [1.165, 1.54) is 0 Å². The predicted molar refractivity (Wildman–Crippen MR) is 164 cm³/mol. The zero-order valence-electron chi connectivity index (χ0n) is 24.8. The molecule has 3 aromatic rings. The van der Waals surface area contributed by atoms with Crippen LogP contribution in [0.25, 0.3) is 10.7 Å². The second kappa shape index (κ2) is 12.6. The third-order valence-corrected chi connectivity index (χ3v) is 8.61. The van der Waals surface area contributed by atoms with Crippen molar-refractivity contribution in [3.63, 3.8) is 0 Å². The lowest BCUT2D eigenvalue weighted by atomic mass is 10.1. The van der Waals surface area contributed by atoms with Gasteiger partial charge in [0.2, 0.25) is 0 Å². The van der Waals surface area contributed by atoms with Crippen molar-refractivity contribution in [3.8, 4) is 17.2 Å². The van der Waals surface area contributed by atoms with Gasteiger partial charge in [-0.1, -0.05) is 29.8 Å². The van der Waals surface area contributed by atoms with Crippen LogP contribution in [0.3, 0.4) is 0 Å². The zero-order chi connectivity index (χ0) is 29.9. The topological polar surface area (TPSA) is 77.5 Å². The molecular weight excluding hydrogens is 552 g/mol. The van der Waals surface area contributed by atoms with E-state index in [0.717, 1.165) is 42.1 Å². The highest BCUT2D eigenvalue weighted by molar-refractivity contribution is 7.95. The molecule has 0 bridgehead atoms. The Morgan fingerprint density at radius 2 is 1.52 bits per heavy atom. The summed E-state index contributed by atoms with van der Waals surface area (Å²) in [6.07, 6.45) is -0.255. The number of ether oxygens (including phenoxy) is 4. The van der Waals surface area contributed by atoms with E-state index >= 15 is 0 Å². The number of amides is 1. The van der Waals surface area contributed by atoms with Crippen molar-refractivity contribution in [2.45, 2.75) is 38.2 Å². The average Bonchev–Trinajstić information content (AvgIpc) is 3.24. The van der Waals surface area contributed by atoms with Gasteiger partial charge in [-0.2, -0.15) is 0 Å². The summed E-state index contributed by atoms with van der Waals surface area (Å²) in [5.41, 5.74) is 2.29. The van der Waals surface area contributed by atoms with Gasteiger partial charge in [0.15, 0.2) is 5.76 Å². The molecule has 1 fully saturated rings. The van der Waals surface area contributed by atoms with Crippen molar-refractivity contribution in [3.05, 3.63) is 83.4 Å². The van der Waals surface area contributed by atoms with E-state index in [1.807, 2.05) is 94.4 Å². The first kappa shape index (κ1) is 29.7.